The number of carbonyl (C=O) groups is 2. The Morgan fingerprint density at radius 2 is 1.94 bits per heavy atom. The minimum atomic E-state index is -0.336. The van der Waals surface area contributed by atoms with Crippen LogP contribution in [0.3, 0.4) is 0 Å². The Hall–Kier alpha value is -2.60. The summed E-state index contributed by atoms with van der Waals surface area (Å²) in [6, 6.07) is 6.42. The van der Waals surface area contributed by atoms with Crippen molar-refractivity contribution in [2.24, 2.45) is 0 Å². The first-order valence-corrected chi connectivity index (χ1v) is 12.1. The van der Waals surface area contributed by atoms with E-state index >= 15 is 0 Å². The molecule has 0 fully saturated rings. The van der Waals surface area contributed by atoms with Crippen molar-refractivity contribution in [1.82, 2.24) is 4.57 Å². The molecule has 0 unspecified atom stereocenters. The van der Waals surface area contributed by atoms with Crippen molar-refractivity contribution in [2.75, 3.05) is 11.9 Å². The van der Waals surface area contributed by atoms with Crippen molar-refractivity contribution >= 4 is 39.1 Å². The van der Waals surface area contributed by atoms with Gasteiger partial charge in [0, 0.05) is 22.3 Å². The van der Waals surface area contributed by atoms with Crippen LogP contribution in [0.2, 0.25) is 0 Å². The summed E-state index contributed by atoms with van der Waals surface area (Å²) in [5, 5.41) is 4.82. The van der Waals surface area contributed by atoms with Crippen LogP contribution in [0.5, 0.6) is 0 Å². The average Bonchev–Trinajstić information content (AvgIpc) is 3.27. The van der Waals surface area contributed by atoms with Crippen molar-refractivity contribution in [3.8, 4) is 0 Å². The van der Waals surface area contributed by atoms with Gasteiger partial charge in [-0.1, -0.05) is 13.0 Å². The third kappa shape index (κ3) is 3.78. The molecule has 0 saturated heterocycles. The Morgan fingerprint density at radius 1 is 1.16 bits per heavy atom. The van der Waals surface area contributed by atoms with Gasteiger partial charge in [0.15, 0.2) is 0 Å². The van der Waals surface area contributed by atoms with E-state index in [9.17, 15) is 9.59 Å². The van der Waals surface area contributed by atoms with E-state index in [0.29, 0.717) is 29.4 Å². The largest absolute Gasteiger partial charge is 0.462 e. The number of aromatic nitrogens is 1. The monoisotopic (exact) mass is 438 g/mol. The molecule has 0 spiro atoms. The lowest BCUT2D eigenvalue weighted by atomic mass is 9.95. The molecule has 4 rings (SSSR count). The normalized spacial score (nSPS) is 13.3. The molecule has 0 aliphatic heterocycles. The number of nitrogens with zero attached hydrogens (tertiary/aromatic N) is 1. The minimum Gasteiger partial charge on any atom is -0.462 e. The molecule has 31 heavy (non-hydrogen) atoms. The first-order valence-electron chi connectivity index (χ1n) is 11.2. The van der Waals surface area contributed by atoms with Crippen LogP contribution >= 0.6 is 11.3 Å². The summed E-state index contributed by atoms with van der Waals surface area (Å²) in [6.07, 6.45) is 4.96. The summed E-state index contributed by atoms with van der Waals surface area (Å²) in [5.74, 6) is -0.504. The number of amides is 1. The van der Waals surface area contributed by atoms with Gasteiger partial charge in [0.2, 0.25) is 0 Å². The van der Waals surface area contributed by atoms with Gasteiger partial charge in [-0.25, -0.2) is 4.79 Å². The lowest BCUT2D eigenvalue weighted by molar-refractivity contribution is 0.0526. The molecule has 0 atom stereocenters. The van der Waals surface area contributed by atoms with Crippen LogP contribution in [0.1, 0.15) is 76.0 Å². The van der Waals surface area contributed by atoms with Gasteiger partial charge < -0.3 is 14.6 Å². The first kappa shape index (κ1) is 21.6. The summed E-state index contributed by atoms with van der Waals surface area (Å²) in [5.41, 5.74) is 5.57. The van der Waals surface area contributed by atoms with E-state index in [1.807, 2.05) is 13.8 Å². The van der Waals surface area contributed by atoms with Crippen LogP contribution in [0.4, 0.5) is 5.00 Å². The van der Waals surface area contributed by atoms with Crippen LogP contribution in [0.25, 0.3) is 10.9 Å². The summed E-state index contributed by atoms with van der Waals surface area (Å²) in [4.78, 5) is 27.5. The molecule has 6 heteroatoms. The predicted octanol–water partition coefficient (Wildman–Crippen LogP) is 5.90. The van der Waals surface area contributed by atoms with Gasteiger partial charge in [-0.2, -0.15) is 0 Å². The summed E-state index contributed by atoms with van der Waals surface area (Å²) in [6.45, 7) is 9.02. The molecule has 2 aromatic heterocycles. The number of thiophene rings is 1. The fourth-order valence-corrected chi connectivity index (χ4v) is 5.92. The van der Waals surface area contributed by atoms with Gasteiger partial charge in [0.05, 0.1) is 12.2 Å². The lowest BCUT2D eigenvalue weighted by Crippen LogP contribution is -2.19. The molecule has 1 N–H and O–H groups in total. The molecule has 5 nitrogen and oxygen atoms in total. The van der Waals surface area contributed by atoms with Crippen LogP contribution in [0, 0.1) is 6.92 Å². The van der Waals surface area contributed by atoms with Crippen molar-refractivity contribution < 1.29 is 14.3 Å². The molecule has 0 saturated carbocycles. The number of aryl methyl sites for hydroxylation is 4. The number of anilines is 1. The van der Waals surface area contributed by atoms with Gasteiger partial charge in [-0.3, -0.25) is 4.79 Å². The second-order valence-electron chi connectivity index (χ2n) is 8.01. The molecule has 0 bridgehead atoms. The molecule has 3 aromatic rings. The summed E-state index contributed by atoms with van der Waals surface area (Å²) in [7, 11) is 0. The van der Waals surface area contributed by atoms with Crippen molar-refractivity contribution in [3.63, 3.8) is 0 Å². The van der Waals surface area contributed by atoms with Crippen LogP contribution in [-0.2, 0) is 30.5 Å². The maximum absolute atomic E-state index is 13.5. The number of ether oxygens (including phenoxy) is 1. The Morgan fingerprint density at radius 3 is 2.65 bits per heavy atom. The van der Waals surface area contributed by atoms with Crippen molar-refractivity contribution in [2.45, 2.75) is 66.3 Å². The number of rotatable bonds is 6. The van der Waals surface area contributed by atoms with Crippen molar-refractivity contribution in [3.05, 3.63) is 51.0 Å². The first-order chi connectivity index (χ1) is 15.0. The number of hydrogen-bond donors (Lipinski definition) is 1. The lowest BCUT2D eigenvalue weighted by Gasteiger charge is -2.13. The SMILES string of the molecule is CCOC(=O)c1c(NC(=O)c2c(C)c3cc(CC)ccc3n2CC)sc2c1CCCC2. The number of nitrogens with one attached hydrogen (secondary N) is 1. The zero-order valence-corrected chi connectivity index (χ0v) is 19.6. The molecule has 1 aliphatic carbocycles. The highest BCUT2D eigenvalue weighted by atomic mass is 32.1. The second kappa shape index (κ2) is 8.87. The number of hydrogen-bond acceptors (Lipinski definition) is 4. The zero-order valence-electron chi connectivity index (χ0n) is 18.8. The van der Waals surface area contributed by atoms with Gasteiger partial charge in [-0.05, 0) is 81.7 Å². The van der Waals surface area contributed by atoms with Crippen LogP contribution in [0.15, 0.2) is 18.2 Å². The van der Waals surface area contributed by atoms with Crippen molar-refractivity contribution in [1.29, 1.82) is 0 Å². The highest BCUT2D eigenvalue weighted by molar-refractivity contribution is 7.17. The maximum atomic E-state index is 13.5. The third-order valence-corrected chi connectivity index (χ3v) is 7.41. The highest BCUT2D eigenvalue weighted by Crippen LogP contribution is 2.39. The number of carbonyl (C=O) groups excluding carboxylic acids is 2. The molecular weight excluding hydrogens is 408 g/mol. The standard InChI is InChI=1S/C25H30N2O3S/c1-5-16-12-13-19-18(14-16)15(4)22(27(19)6-2)23(28)26-24-21(25(29)30-7-3)17-10-8-9-11-20(17)31-24/h12-14H,5-11H2,1-4H3,(H,26,28). The van der Waals surface area contributed by atoms with Gasteiger partial charge in [0.25, 0.3) is 5.91 Å². The van der Waals surface area contributed by atoms with Gasteiger partial charge >= 0.3 is 5.97 Å². The number of benzene rings is 1. The van der Waals surface area contributed by atoms with E-state index in [2.05, 4.69) is 41.9 Å². The van der Waals surface area contributed by atoms with E-state index < -0.39 is 0 Å². The van der Waals surface area contributed by atoms with E-state index in [4.69, 9.17) is 4.74 Å². The molecule has 1 amide bonds. The Bertz CT molecular complexity index is 1160. The highest BCUT2D eigenvalue weighted by Gasteiger charge is 2.29. The van der Waals surface area contributed by atoms with E-state index in [1.54, 1.807) is 0 Å². The molecule has 1 aromatic carbocycles. The Balaban J connectivity index is 1.77. The Kier molecular flexibility index (Phi) is 6.19. The second-order valence-corrected chi connectivity index (χ2v) is 9.12. The number of fused-ring (bicyclic) bond motifs is 2. The quantitative estimate of drug-likeness (QED) is 0.487. The van der Waals surface area contributed by atoms with Crippen LogP contribution in [-0.4, -0.2) is 23.1 Å². The fraction of sp³-hybridized carbons (Fsp3) is 0.440. The smallest absolute Gasteiger partial charge is 0.341 e. The van der Waals surface area contributed by atoms with E-state index in [-0.39, 0.29) is 11.9 Å². The molecular formula is C25H30N2O3S. The van der Waals surface area contributed by atoms with Gasteiger partial charge in [0.1, 0.15) is 10.7 Å². The van der Waals surface area contributed by atoms with Crippen LogP contribution < -0.4 is 5.32 Å². The predicted molar refractivity (Wildman–Crippen MR) is 127 cm³/mol. The molecule has 1 aliphatic rings. The number of esters is 1. The zero-order chi connectivity index (χ0) is 22.1. The maximum Gasteiger partial charge on any atom is 0.341 e. The topological polar surface area (TPSA) is 60.3 Å². The average molecular weight is 439 g/mol. The Labute approximate surface area is 187 Å². The third-order valence-electron chi connectivity index (χ3n) is 6.20. The van der Waals surface area contributed by atoms with E-state index in [1.165, 1.54) is 21.8 Å². The molecule has 164 valence electrons. The molecule has 0 radical (unpaired) electrons. The van der Waals surface area contributed by atoms with E-state index in [0.717, 1.165) is 54.1 Å². The fourth-order valence-electron chi connectivity index (χ4n) is 4.65. The summed E-state index contributed by atoms with van der Waals surface area (Å²) < 4.78 is 7.40. The summed E-state index contributed by atoms with van der Waals surface area (Å²) >= 11 is 1.53. The molecule has 2 heterocycles. The van der Waals surface area contributed by atoms with Gasteiger partial charge in [-0.15, -0.1) is 11.3 Å². The minimum absolute atomic E-state index is 0.169.